The van der Waals surface area contributed by atoms with Gasteiger partial charge in [0.15, 0.2) is 0 Å². The zero-order chi connectivity index (χ0) is 11.0. The van der Waals surface area contributed by atoms with E-state index in [-0.39, 0.29) is 16.2 Å². The third kappa shape index (κ3) is 1.76. The smallest absolute Gasteiger partial charge is 0.335 e. The van der Waals surface area contributed by atoms with Crippen LogP contribution in [0.25, 0.3) is 10.9 Å². The molecule has 1 N–H and O–H groups in total. The summed E-state index contributed by atoms with van der Waals surface area (Å²) >= 11 is 5.60. The van der Waals surface area contributed by atoms with E-state index in [4.69, 9.17) is 16.7 Å². The molecule has 0 fully saturated rings. The molecule has 0 aliphatic carbocycles. The summed E-state index contributed by atoms with van der Waals surface area (Å²) in [7, 11) is 0. The van der Waals surface area contributed by atoms with Crippen LogP contribution in [0, 0.1) is 5.82 Å². The molecule has 0 radical (unpaired) electrons. The molecule has 3 nitrogen and oxygen atoms in total. The minimum atomic E-state index is -1.18. The van der Waals surface area contributed by atoms with Crippen LogP contribution in [0.2, 0.25) is 5.15 Å². The summed E-state index contributed by atoms with van der Waals surface area (Å²) in [5, 5.41) is 9.29. The Morgan fingerprint density at radius 1 is 1.40 bits per heavy atom. The van der Waals surface area contributed by atoms with Crippen molar-refractivity contribution in [3.05, 3.63) is 40.8 Å². The van der Waals surface area contributed by atoms with Gasteiger partial charge in [0.25, 0.3) is 0 Å². The fourth-order valence-electron chi connectivity index (χ4n) is 1.29. The topological polar surface area (TPSA) is 50.2 Å². The molecule has 2 aromatic rings. The molecule has 2 rings (SSSR count). The molecule has 76 valence electrons. The lowest BCUT2D eigenvalue weighted by Crippen LogP contribution is -1.98. The number of hydrogen-bond donors (Lipinski definition) is 1. The quantitative estimate of drug-likeness (QED) is 0.760. The third-order valence-electron chi connectivity index (χ3n) is 1.96. The minimum Gasteiger partial charge on any atom is -0.478 e. The Bertz CT molecular complexity index is 556. The maximum absolute atomic E-state index is 13.4. The number of pyridine rings is 1. The van der Waals surface area contributed by atoms with Crippen molar-refractivity contribution < 1.29 is 14.3 Å². The molecule has 0 spiro atoms. The second kappa shape index (κ2) is 3.47. The first-order valence-electron chi connectivity index (χ1n) is 4.07. The van der Waals surface area contributed by atoms with E-state index in [2.05, 4.69) is 4.98 Å². The van der Waals surface area contributed by atoms with E-state index in [1.54, 1.807) is 0 Å². The summed E-state index contributed by atoms with van der Waals surface area (Å²) < 4.78 is 13.4. The fraction of sp³-hybridized carbons (Fsp3) is 0. The highest BCUT2D eigenvalue weighted by atomic mass is 35.5. The number of fused-ring (bicyclic) bond motifs is 1. The minimum absolute atomic E-state index is 0.0764. The van der Waals surface area contributed by atoms with Crippen LogP contribution in [-0.4, -0.2) is 16.1 Å². The molecule has 5 heteroatoms. The highest BCUT2D eigenvalue weighted by molar-refractivity contribution is 6.29. The van der Waals surface area contributed by atoms with Crippen LogP contribution in [0.3, 0.4) is 0 Å². The Labute approximate surface area is 89.1 Å². The van der Waals surface area contributed by atoms with Crippen LogP contribution >= 0.6 is 11.6 Å². The molecule has 1 aromatic heterocycles. The summed E-state index contributed by atoms with van der Waals surface area (Å²) in [6.45, 7) is 0. The van der Waals surface area contributed by atoms with Crippen LogP contribution in [-0.2, 0) is 0 Å². The van der Waals surface area contributed by atoms with Gasteiger partial charge in [-0.1, -0.05) is 11.6 Å². The fourth-order valence-corrected chi connectivity index (χ4v) is 1.44. The van der Waals surface area contributed by atoms with E-state index in [9.17, 15) is 9.18 Å². The zero-order valence-electron chi connectivity index (χ0n) is 7.37. The van der Waals surface area contributed by atoms with Crippen molar-refractivity contribution >= 4 is 28.5 Å². The van der Waals surface area contributed by atoms with Crippen molar-refractivity contribution in [2.75, 3.05) is 0 Å². The standard InChI is InChI=1S/C10H5ClFNO2/c11-8-2-1-5-3-6(10(14)15)4-7(12)9(5)13-8/h1-4H,(H,14,15). The lowest BCUT2D eigenvalue weighted by Gasteiger charge is -2.01. The molecule has 15 heavy (non-hydrogen) atoms. The Morgan fingerprint density at radius 2 is 2.13 bits per heavy atom. The van der Waals surface area contributed by atoms with Crippen molar-refractivity contribution in [2.24, 2.45) is 0 Å². The summed E-state index contributed by atoms with van der Waals surface area (Å²) in [6.07, 6.45) is 0. The van der Waals surface area contributed by atoms with Gasteiger partial charge in [-0.15, -0.1) is 0 Å². The second-order valence-corrected chi connectivity index (χ2v) is 3.36. The number of rotatable bonds is 1. The van der Waals surface area contributed by atoms with Crippen LogP contribution in [0.1, 0.15) is 10.4 Å². The SMILES string of the molecule is O=C(O)c1cc(F)c2nc(Cl)ccc2c1. The number of nitrogens with zero attached hydrogens (tertiary/aromatic N) is 1. The average molecular weight is 226 g/mol. The first-order valence-corrected chi connectivity index (χ1v) is 4.45. The van der Waals surface area contributed by atoms with Gasteiger partial charge in [0.05, 0.1) is 5.56 Å². The van der Waals surface area contributed by atoms with E-state index in [1.807, 2.05) is 0 Å². The molecular formula is C10H5ClFNO2. The summed E-state index contributed by atoms with van der Waals surface area (Å²) in [5.74, 6) is -1.86. The number of hydrogen-bond acceptors (Lipinski definition) is 2. The van der Waals surface area contributed by atoms with Crippen molar-refractivity contribution in [2.45, 2.75) is 0 Å². The zero-order valence-corrected chi connectivity index (χ0v) is 8.12. The number of carbonyl (C=O) groups is 1. The molecule has 0 atom stereocenters. The lowest BCUT2D eigenvalue weighted by atomic mass is 10.1. The first kappa shape index (κ1) is 9.86. The molecule has 0 bridgehead atoms. The third-order valence-corrected chi connectivity index (χ3v) is 2.17. The average Bonchev–Trinajstić information content (AvgIpc) is 2.18. The molecule has 0 aliphatic heterocycles. The van der Waals surface area contributed by atoms with Crippen molar-refractivity contribution in [3.8, 4) is 0 Å². The summed E-state index contributed by atoms with van der Waals surface area (Å²) in [5.41, 5.74) is -0.0309. The van der Waals surface area contributed by atoms with Gasteiger partial charge >= 0.3 is 5.97 Å². The monoisotopic (exact) mass is 225 g/mol. The largest absolute Gasteiger partial charge is 0.478 e. The number of aromatic nitrogens is 1. The Morgan fingerprint density at radius 3 is 2.80 bits per heavy atom. The van der Waals surface area contributed by atoms with Crippen molar-refractivity contribution in [1.82, 2.24) is 4.98 Å². The van der Waals surface area contributed by atoms with Crippen LogP contribution in [0.15, 0.2) is 24.3 Å². The molecule has 0 saturated carbocycles. The maximum Gasteiger partial charge on any atom is 0.335 e. The summed E-state index contributed by atoms with van der Waals surface area (Å²) in [4.78, 5) is 14.4. The van der Waals surface area contributed by atoms with Gasteiger partial charge in [-0.3, -0.25) is 0 Å². The summed E-state index contributed by atoms with van der Waals surface area (Å²) in [6, 6.07) is 5.28. The van der Waals surface area contributed by atoms with E-state index >= 15 is 0 Å². The Kier molecular flexibility index (Phi) is 2.28. The number of aromatic carboxylic acids is 1. The second-order valence-electron chi connectivity index (χ2n) is 2.97. The molecule has 0 amide bonds. The van der Waals surface area contributed by atoms with Crippen LogP contribution < -0.4 is 0 Å². The van der Waals surface area contributed by atoms with Gasteiger partial charge in [0.2, 0.25) is 0 Å². The van der Waals surface area contributed by atoms with E-state index in [1.165, 1.54) is 18.2 Å². The van der Waals surface area contributed by atoms with Crippen LogP contribution in [0.4, 0.5) is 4.39 Å². The Hall–Kier alpha value is -1.68. The molecule has 0 saturated heterocycles. The maximum atomic E-state index is 13.4. The van der Waals surface area contributed by atoms with Crippen molar-refractivity contribution in [1.29, 1.82) is 0 Å². The number of carboxylic acid groups (broad SMARTS) is 1. The number of carboxylic acids is 1. The normalized spacial score (nSPS) is 10.5. The lowest BCUT2D eigenvalue weighted by molar-refractivity contribution is 0.0696. The van der Waals surface area contributed by atoms with Gasteiger partial charge in [-0.05, 0) is 24.3 Å². The first-order chi connectivity index (χ1) is 7.08. The van der Waals surface area contributed by atoms with E-state index in [0.717, 1.165) is 6.07 Å². The van der Waals surface area contributed by atoms with E-state index in [0.29, 0.717) is 5.39 Å². The highest BCUT2D eigenvalue weighted by Gasteiger charge is 2.09. The Balaban J connectivity index is 2.78. The van der Waals surface area contributed by atoms with Gasteiger partial charge in [0.1, 0.15) is 16.5 Å². The van der Waals surface area contributed by atoms with E-state index < -0.39 is 11.8 Å². The predicted molar refractivity (Wildman–Crippen MR) is 53.7 cm³/mol. The van der Waals surface area contributed by atoms with Gasteiger partial charge in [-0.25, -0.2) is 14.2 Å². The molecule has 0 aliphatic rings. The van der Waals surface area contributed by atoms with Crippen molar-refractivity contribution in [3.63, 3.8) is 0 Å². The van der Waals surface area contributed by atoms with Crippen LogP contribution in [0.5, 0.6) is 0 Å². The number of benzene rings is 1. The van der Waals surface area contributed by atoms with Gasteiger partial charge < -0.3 is 5.11 Å². The molecule has 0 unspecified atom stereocenters. The number of halogens is 2. The van der Waals surface area contributed by atoms with Gasteiger partial charge in [0, 0.05) is 5.39 Å². The highest BCUT2D eigenvalue weighted by Crippen LogP contribution is 2.20. The predicted octanol–water partition coefficient (Wildman–Crippen LogP) is 2.73. The molecule has 1 aromatic carbocycles. The molecule has 1 heterocycles. The van der Waals surface area contributed by atoms with Gasteiger partial charge in [-0.2, -0.15) is 0 Å². The molecular weight excluding hydrogens is 221 g/mol.